The molecule has 0 nitrogen and oxygen atoms in total. The Kier molecular flexibility index (Phi) is 7.71. The van der Waals surface area contributed by atoms with Crippen molar-refractivity contribution >= 4 is 46.3 Å². The van der Waals surface area contributed by atoms with Gasteiger partial charge in [0.05, 0.1) is 0 Å². The summed E-state index contributed by atoms with van der Waals surface area (Å²) in [5.74, 6) is 0. The summed E-state index contributed by atoms with van der Waals surface area (Å²) >= 11 is -3.96. The van der Waals surface area contributed by atoms with Gasteiger partial charge in [-0.15, -0.1) is 0 Å². The Balaban J connectivity index is 1.54. The second-order valence-corrected chi connectivity index (χ2v) is 27.2. The number of halogens is 2. The van der Waals surface area contributed by atoms with Crippen molar-refractivity contribution in [1.82, 2.24) is 0 Å². The molecule has 0 spiro atoms. The van der Waals surface area contributed by atoms with E-state index in [-0.39, 0.29) is 3.63 Å². The molecule has 0 fully saturated rings. The predicted molar refractivity (Wildman–Crippen MR) is 172 cm³/mol. The van der Waals surface area contributed by atoms with Crippen LogP contribution in [0.4, 0.5) is 0 Å². The van der Waals surface area contributed by atoms with E-state index in [0.29, 0.717) is 0 Å². The summed E-state index contributed by atoms with van der Waals surface area (Å²) in [4.78, 5) is 0. The third-order valence-electron chi connectivity index (χ3n) is 8.66. The van der Waals surface area contributed by atoms with Gasteiger partial charge in [0.2, 0.25) is 0 Å². The standard InChI is InChI=1S/C23H27.C12H9Si.2ClH.Zr/c1-5-7-8-18-14-20-10-9-19(6-2)23(22(20)15-18)21-12-16(3)11-17(4)13-21;1-3-7-11-9(5-1)10-6-2-4-8-12(10)13-11;;;/h9-15H,5-8H2,1-4H3;1-7H,13H2;2*1H;/q;;;;+2/p-2. The number of hydrogen-bond acceptors (Lipinski definition) is 0. The van der Waals surface area contributed by atoms with Gasteiger partial charge in [-0.3, -0.25) is 0 Å². The van der Waals surface area contributed by atoms with Crippen LogP contribution in [-0.2, 0) is 24.3 Å². The molecule has 2 aliphatic rings. The molecule has 0 N–H and O–H groups in total. The molecule has 1 aliphatic carbocycles. The average molecular weight is 647 g/mol. The zero-order valence-electron chi connectivity index (χ0n) is 23.4. The van der Waals surface area contributed by atoms with Gasteiger partial charge in [0.1, 0.15) is 0 Å². The van der Waals surface area contributed by atoms with Gasteiger partial charge >= 0.3 is 250 Å². The van der Waals surface area contributed by atoms with Crippen LogP contribution in [0, 0.1) is 13.8 Å². The van der Waals surface area contributed by atoms with Gasteiger partial charge in [-0.05, 0) is 0 Å². The SMILES string of the molecule is CCCCC1=Cc2c(ccc(CC)c2-c2cc(C)cc(C)c2)[CH]1[Zr]([Cl])([Cl])[c]1cccc2c1[SiH2]c1ccccc1-2. The van der Waals surface area contributed by atoms with E-state index in [4.69, 9.17) is 17.0 Å². The van der Waals surface area contributed by atoms with Crippen molar-refractivity contribution in [1.29, 1.82) is 0 Å². The molecule has 4 aromatic rings. The molecular formula is C35H36Cl2SiZr. The molecule has 1 unspecified atom stereocenters. The van der Waals surface area contributed by atoms with Crippen LogP contribution in [-0.4, -0.2) is 9.52 Å². The Bertz CT molecular complexity index is 1600. The van der Waals surface area contributed by atoms with Crippen molar-refractivity contribution < 1.29 is 17.9 Å². The fraction of sp³-hybridized carbons (Fsp3) is 0.257. The molecule has 4 aromatic carbocycles. The first-order chi connectivity index (χ1) is 18.8. The number of benzene rings is 4. The Morgan fingerprint density at radius 1 is 0.846 bits per heavy atom. The zero-order valence-corrected chi connectivity index (χ0v) is 28.8. The normalized spacial score (nSPS) is 16.3. The van der Waals surface area contributed by atoms with Crippen LogP contribution < -0.4 is 13.6 Å². The number of aryl methyl sites for hydroxylation is 3. The molecule has 0 bridgehead atoms. The first-order valence-corrected chi connectivity index (χ1v) is 24.8. The molecule has 39 heavy (non-hydrogen) atoms. The van der Waals surface area contributed by atoms with Crippen molar-refractivity contribution in [2.24, 2.45) is 0 Å². The Hall–Kier alpha value is -1.70. The van der Waals surface area contributed by atoms with Crippen molar-refractivity contribution in [3.8, 4) is 22.3 Å². The van der Waals surface area contributed by atoms with E-state index in [0.717, 1.165) is 12.8 Å². The molecule has 0 saturated heterocycles. The summed E-state index contributed by atoms with van der Waals surface area (Å²) in [5, 5.41) is 3.02. The zero-order chi connectivity index (χ0) is 27.3. The summed E-state index contributed by atoms with van der Waals surface area (Å²) in [5.41, 5.74) is 13.7. The van der Waals surface area contributed by atoms with Gasteiger partial charge in [0.15, 0.2) is 0 Å². The molecule has 6 rings (SSSR count). The maximum absolute atomic E-state index is 7.88. The van der Waals surface area contributed by atoms with Crippen LogP contribution in [0.15, 0.2) is 78.4 Å². The molecule has 0 aromatic heterocycles. The molecule has 1 atom stereocenters. The van der Waals surface area contributed by atoms with E-state index in [1.54, 1.807) is 0 Å². The van der Waals surface area contributed by atoms with Crippen molar-refractivity contribution in [2.75, 3.05) is 0 Å². The fourth-order valence-corrected chi connectivity index (χ4v) is 23.8. The molecule has 0 radical (unpaired) electrons. The predicted octanol–water partition coefficient (Wildman–Crippen LogP) is 8.05. The van der Waals surface area contributed by atoms with Gasteiger partial charge in [0.25, 0.3) is 0 Å². The van der Waals surface area contributed by atoms with Gasteiger partial charge in [0, 0.05) is 0 Å². The number of hydrogen-bond donors (Lipinski definition) is 0. The number of rotatable bonds is 7. The molecule has 4 heteroatoms. The van der Waals surface area contributed by atoms with E-state index < -0.39 is 27.4 Å². The van der Waals surface area contributed by atoms with Crippen molar-refractivity contribution in [3.63, 3.8) is 0 Å². The molecule has 198 valence electrons. The Morgan fingerprint density at radius 3 is 2.33 bits per heavy atom. The molecule has 0 saturated carbocycles. The first kappa shape index (κ1) is 27.5. The second kappa shape index (κ2) is 10.9. The van der Waals surface area contributed by atoms with Gasteiger partial charge in [-0.2, -0.15) is 0 Å². The topological polar surface area (TPSA) is 0 Å². The summed E-state index contributed by atoms with van der Waals surface area (Å²) < 4.78 is 1.46. The van der Waals surface area contributed by atoms with Crippen LogP contribution in [0.25, 0.3) is 28.3 Å². The van der Waals surface area contributed by atoms with Crippen LogP contribution >= 0.6 is 17.0 Å². The van der Waals surface area contributed by atoms with Crippen molar-refractivity contribution in [3.05, 3.63) is 106 Å². The van der Waals surface area contributed by atoms with Gasteiger partial charge < -0.3 is 0 Å². The molecule has 1 aliphatic heterocycles. The second-order valence-electron chi connectivity index (χ2n) is 11.4. The van der Waals surface area contributed by atoms with Crippen LogP contribution in [0.5, 0.6) is 0 Å². The number of allylic oxidation sites excluding steroid dienone is 1. The van der Waals surface area contributed by atoms with E-state index in [9.17, 15) is 0 Å². The fourth-order valence-electron chi connectivity index (χ4n) is 6.96. The third kappa shape index (κ3) is 4.80. The van der Waals surface area contributed by atoms with Gasteiger partial charge in [-0.25, -0.2) is 0 Å². The van der Waals surface area contributed by atoms with E-state index in [1.165, 1.54) is 82.1 Å². The summed E-state index contributed by atoms with van der Waals surface area (Å²) in [6, 6.07) is 27.4. The maximum atomic E-state index is 7.88. The Labute approximate surface area is 247 Å². The molecular weight excluding hydrogens is 611 g/mol. The minimum atomic E-state index is -3.96. The molecule has 0 amide bonds. The summed E-state index contributed by atoms with van der Waals surface area (Å²) in [6.07, 6.45) is 6.89. The quantitative estimate of drug-likeness (QED) is 0.157. The van der Waals surface area contributed by atoms with Crippen LogP contribution in [0.2, 0.25) is 0 Å². The average Bonchev–Trinajstić information content (AvgIpc) is 3.49. The van der Waals surface area contributed by atoms with E-state index in [1.807, 2.05) is 0 Å². The van der Waals surface area contributed by atoms with Gasteiger partial charge in [-0.1, -0.05) is 0 Å². The number of fused-ring (bicyclic) bond motifs is 4. The van der Waals surface area contributed by atoms with E-state index in [2.05, 4.69) is 107 Å². The molecule has 1 heterocycles. The van der Waals surface area contributed by atoms with Crippen molar-refractivity contribution in [2.45, 2.75) is 57.0 Å². The number of unbranched alkanes of at least 4 members (excludes halogenated alkanes) is 1. The Morgan fingerprint density at radius 2 is 1.59 bits per heavy atom. The summed E-state index contributed by atoms with van der Waals surface area (Å²) in [7, 11) is 15.1. The van der Waals surface area contributed by atoms with Crippen LogP contribution in [0.3, 0.4) is 0 Å². The van der Waals surface area contributed by atoms with Crippen LogP contribution in [0.1, 0.15) is 64.6 Å². The first-order valence-electron chi connectivity index (χ1n) is 14.4. The minimum absolute atomic E-state index is 0.143. The van der Waals surface area contributed by atoms with E-state index >= 15 is 0 Å². The third-order valence-corrected chi connectivity index (χ3v) is 23.0. The summed E-state index contributed by atoms with van der Waals surface area (Å²) in [6.45, 7) is 8.95. The monoisotopic (exact) mass is 644 g/mol.